The topological polar surface area (TPSA) is 23.6 Å². The molecular formula is C14H22N2OS. The SMILES string of the molecule is CCc1ccc(C(=O)CN2CCN(C)CC2C)s1. The Morgan fingerprint density at radius 3 is 2.83 bits per heavy atom. The van der Waals surface area contributed by atoms with Gasteiger partial charge in [-0.25, -0.2) is 0 Å². The number of likely N-dealkylation sites (N-methyl/N-ethyl adjacent to an activating group) is 1. The molecule has 0 spiro atoms. The number of hydrogen-bond donors (Lipinski definition) is 0. The fraction of sp³-hybridized carbons (Fsp3) is 0.643. The van der Waals surface area contributed by atoms with Crippen molar-refractivity contribution in [3.8, 4) is 0 Å². The number of nitrogens with zero attached hydrogens (tertiary/aromatic N) is 2. The molecule has 0 saturated carbocycles. The maximum atomic E-state index is 12.2. The quantitative estimate of drug-likeness (QED) is 0.780. The second-order valence-corrected chi connectivity index (χ2v) is 6.29. The van der Waals surface area contributed by atoms with E-state index < -0.39 is 0 Å². The zero-order valence-electron chi connectivity index (χ0n) is 11.5. The van der Waals surface area contributed by atoms with Crippen LogP contribution in [0.4, 0.5) is 0 Å². The highest BCUT2D eigenvalue weighted by molar-refractivity contribution is 7.14. The highest BCUT2D eigenvalue weighted by Crippen LogP contribution is 2.18. The van der Waals surface area contributed by atoms with Crippen LogP contribution in [0.3, 0.4) is 0 Å². The molecular weight excluding hydrogens is 244 g/mol. The van der Waals surface area contributed by atoms with E-state index in [1.54, 1.807) is 11.3 Å². The molecule has 0 bridgehead atoms. The van der Waals surface area contributed by atoms with Crippen LogP contribution in [0.5, 0.6) is 0 Å². The summed E-state index contributed by atoms with van der Waals surface area (Å²) in [6.07, 6.45) is 1.02. The molecule has 1 saturated heterocycles. The van der Waals surface area contributed by atoms with Crippen molar-refractivity contribution in [3.63, 3.8) is 0 Å². The highest BCUT2D eigenvalue weighted by Gasteiger charge is 2.24. The van der Waals surface area contributed by atoms with Gasteiger partial charge >= 0.3 is 0 Å². The second kappa shape index (κ2) is 5.95. The summed E-state index contributed by atoms with van der Waals surface area (Å²) in [7, 11) is 2.14. The Balaban J connectivity index is 1.94. The third-order valence-corrected chi connectivity index (χ3v) is 4.87. The van der Waals surface area contributed by atoms with Crippen LogP contribution in [-0.4, -0.2) is 54.9 Å². The number of thiophene rings is 1. The first-order valence-corrected chi connectivity index (χ1v) is 7.46. The van der Waals surface area contributed by atoms with E-state index in [1.165, 1.54) is 4.88 Å². The van der Waals surface area contributed by atoms with Gasteiger partial charge in [0, 0.05) is 30.6 Å². The summed E-state index contributed by atoms with van der Waals surface area (Å²) < 4.78 is 0. The first-order valence-electron chi connectivity index (χ1n) is 6.64. The first-order chi connectivity index (χ1) is 8.60. The van der Waals surface area contributed by atoms with Gasteiger partial charge in [0.1, 0.15) is 0 Å². The summed E-state index contributed by atoms with van der Waals surface area (Å²) in [6.45, 7) is 8.01. The fourth-order valence-electron chi connectivity index (χ4n) is 2.39. The van der Waals surface area contributed by atoms with Gasteiger partial charge in [0.2, 0.25) is 0 Å². The van der Waals surface area contributed by atoms with Crippen LogP contribution in [0, 0.1) is 0 Å². The molecule has 1 atom stereocenters. The zero-order chi connectivity index (χ0) is 13.1. The van der Waals surface area contributed by atoms with Gasteiger partial charge in [-0.2, -0.15) is 0 Å². The maximum absolute atomic E-state index is 12.2. The third kappa shape index (κ3) is 3.19. The first kappa shape index (κ1) is 13.7. The highest BCUT2D eigenvalue weighted by atomic mass is 32.1. The van der Waals surface area contributed by atoms with Crippen molar-refractivity contribution < 1.29 is 4.79 Å². The van der Waals surface area contributed by atoms with E-state index in [0.29, 0.717) is 12.6 Å². The number of Topliss-reactive ketones (excluding diaryl/α,β-unsaturated/α-hetero) is 1. The van der Waals surface area contributed by atoms with Crippen molar-refractivity contribution in [2.75, 3.05) is 33.2 Å². The standard InChI is InChI=1S/C14H22N2OS/c1-4-12-5-6-14(18-12)13(17)10-16-8-7-15(3)9-11(16)2/h5-6,11H,4,7-10H2,1-3H3. The summed E-state index contributed by atoms with van der Waals surface area (Å²) in [6, 6.07) is 4.52. The van der Waals surface area contributed by atoms with E-state index in [0.717, 1.165) is 30.9 Å². The number of aryl methyl sites for hydroxylation is 1. The normalized spacial score (nSPS) is 22.3. The number of ketones is 1. The summed E-state index contributed by atoms with van der Waals surface area (Å²) in [5.41, 5.74) is 0. The minimum Gasteiger partial charge on any atom is -0.304 e. The third-order valence-electron chi connectivity index (χ3n) is 3.60. The van der Waals surface area contributed by atoms with Crippen LogP contribution in [-0.2, 0) is 6.42 Å². The molecule has 0 amide bonds. The molecule has 0 radical (unpaired) electrons. The molecule has 0 aliphatic carbocycles. The predicted molar refractivity (Wildman–Crippen MR) is 76.6 cm³/mol. The zero-order valence-corrected chi connectivity index (χ0v) is 12.3. The smallest absolute Gasteiger partial charge is 0.186 e. The molecule has 1 fully saturated rings. The van der Waals surface area contributed by atoms with E-state index in [9.17, 15) is 4.79 Å². The minimum atomic E-state index is 0.274. The van der Waals surface area contributed by atoms with Gasteiger partial charge in [-0.15, -0.1) is 11.3 Å². The molecule has 1 aliphatic heterocycles. The largest absolute Gasteiger partial charge is 0.304 e. The van der Waals surface area contributed by atoms with Gasteiger partial charge in [0.15, 0.2) is 5.78 Å². The van der Waals surface area contributed by atoms with Crippen LogP contribution in [0.15, 0.2) is 12.1 Å². The van der Waals surface area contributed by atoms with Gasteiger partial charge in [0.25, 0.3) is 0 Å². The van der Waals surface area contributed by atoms with Gasteiger partial charge in [0.05, 0.1) is 11.4 Å². The molecule has 0 aromatic carbocycles. The summed E-state index contributed by atoms with van der Waals surface area (Å²) in [5, 5.41) is 0. The van der Waals surface area contributed by atoms with Crippen molar-refractivity contribution in [2.45, 2.75) is 26.3 Å². The van der Waals surface area contributed by atoms with Crippen LogP contribution >= 0.6 is 11.3 Å². The molecule has 1 aromatic rings. The summed E-state index contributed by atoms with van der Waals surface area (Å²) >= 11 is 1.64. The van der Waals surface area contributed by atoms with E-state index in [-0.39, 0.29) is 5.78 Å². The van der Waals surface area contributed by atoms with Gasteiger partial charge in [-0.1, -0.05) is 6.92 Å². The molecule has 1 aromatic heterocycles. The van der Waals surface area contributed by atoms with Crippen molar-refractivity contribution in [1.82, 2.24) is 9.80 Å². The van der Waals surface area contributed by atoms with Gasteiger partial charge in [-0.3, -0.25) is 9.69 Å². The minimum absolute atomic E-state index is 0.274. The van der Waals surface area contributed by atoms with Gasteiger partial charge in [-0.05, 0) is 32.5 Å². The average molecular weight is 266 g/mol. The fourth-order valence-corrected chi connectivity index (χ4v) is 3.27. The average Bonchev–Trinajstić information content (AvgIpc) is 2.81. The lowest BCUT2D eigenvalue weighted by Crippen LogP contribution is -2.51. The number of carbonyl (C=O) groups excluding carboxylic acids is 1. The molecule has 3 nitrogen and oxygen atoms in total. The number of piperazine rings is 1. The molecule has 100 valence electrons. The number of carbonyl (C=O) groups is 1. The predicted octanol–water partition coefficient (Wildman–Crippen LogP) is 2.13. The molecule has 1 unspecified atom stereocenters. The molecule has 2 heterocycles. The Bertz CT molecular complexity index is 416. The Morgan fingerprint density at radius 2 is 2.22 bits per heavy atom. The van der Waals surface area contributed by atoms with E-state index in [4.69, 9.17) is 0 Å². The van der Waals surface area contributed by atoms with Gasteiger partial charge < -0.3 is 4.90 Å². The van der Waals surface area contributed by atoms with Crippen molar-refractivity contribution >= 4 is 17.1 Å². The monoisotopic (exact) mass is 266 g/mol. The number of hydrogen-bond acceptors (Lipinski definition) is 4. The maximum Gasteiger partial charge on any atom is 0.186 e. The van der Waals surface area contributed by atoms with Crippen molar-refractivity contribution in [2.24, 2.45) is 0 Å². The molecule has 4 heteroatoms. The van der Waals surface area contributed by atoms with Crippen LogP contribution in [0.25, 0.3) is 0 Å². The second-order valence-electron chi connectivity index (χ2n) is 5.12. The molecule has 0 N–H and O–H groups in total. The van der Waals surface area contributed by atoms with Crippen molar-refractivity contribution in [1.29, 1.82) is 0 Å². The lowest BCUT2D eigenvalue weighted by Gasteiger charge is -2.37. The van der Waals surface area contributed by atoms with Crippen LogP contribution < -0.4 is 0 Å². The van der Waals surface area contributed by atoms with Crippen LogP contribution in [0.2, 0.25) is 0 Å². The lowest BCUT2D eigenvalue weighted by molar-refractivity contribution is 0.0751. The van der Waals surface area contributed by atoms with Crippen LogP contribution in [0.1, 0.15) is 28.4 Å². The molecule has 1 aliphatic rings. The van der Waals surface area contributed by atoms with E-state index in [1.807, 2.05) is 6.07 Å². The van der Waals surface area contributed by atoms with Crippen molar-refractivity contribution in [3.05, 3.63) is 21.9 Å². The Morgan fingerprint density at radius 1 is 1.44 bits per heavy atom. The molecule has 2 rings (SSSR count). The lowest BCUT2D eigenvalue weighted by atomic mass is 10.2. The Labute approximate surface area is 113 Å². The van der Waals surface area contributed by atoms with E-state index >= 15 is 0 Å². The Kier molecular flexibility index (Phi) is 4.54. The number of rotatable bonds is 4. The summed E-state index contributed by atoms with van der Waals surface area (Å²) in [5.74, 6) is 0.274. The van der Waals surface area contributed by atoms with E-state index in [2.05, 4.69) is 36.8 Å². The Hall–Kier alpha value is -0.710. The molecule has 18 heavy (non-hydrogen) atoms. The summed E-state index contributed by atoms with van der Waals surface area (Å²) in [4.78, 5) is 19.1.